The molecule has 0 aliphatic heterocycles. The van der Waals surface area contributed by atoms with Crippen LogP contribution in [0.3, 0.4) is 0 Å². The highest BCUT2D eigenvalue weighted by Gasteiger charge is 2.36. The molecule has 1 saturated carbocycles. The van der Waals surface area contributed by atoms with Crippen molar-refractivity contribution in [2.45, 2.75) is 45.8 Å². The van der Waals surface area contributed by atoms with Crippen LogP contribution in [0.15, 0.2) is 0 Å². The van der Waals surface area contributed by atoms with E-state index in [1.54, 1.807) is 0 Å². The van der Waals surface area contributed by atoms with Crippen LogP contribution in [0.5, 0.6) is 0 Å². The van der Waals surface area contributed by atoms with Crippen LogP contribution in [0.2, 0.25) is 0 Å². The van der Waals surface area contributed by atoms with E-state index < -0.39 is 12.2 Å². The first-order chi connectivity index (χ1) is 5.54. The Hall–Kier alpha value is -0.0800. The Bertz CT molecular complexity index is 145. The predicted octanol–water partition coefficient (Wildman–Crippen LogP) is 1.41. The second-order valence-electron chi connectivity index (χ2n) is 4.44. The minimum Gasteiger partial charge on any atom is -0.390 e. The first-order valence-electron chi connectivity index (χ1n) is 4.90. The third kappa shape index (κ3) is 1.80. The van der Waals surface area contributed by atoms with E-state index in [4.69, 9.17) is 0 Å². The van der Waals surface area contributed by atoms with E-state index in [2.05, 4.69) is 13.8 Å². The molecule has 4 unspecified atom stereocenters. The lowest BCUT2D eigenvalue weighted by Gasteiger charge is -2.38. The summed E-state index contributed by atoms with van der Waals surface area (Å²) in [5, 5.41) is 19.3. The van der Waals surface area contributed by atoms with Gasteiger partial charge < -0.3 is 10.2 Å². The number of aliphatic hydroxyl groups is 2. The van der Waals surface area contributed by atoms with Crippen LogP contribution in [0.4, 0.5) is 0 Å². The summed E-state index contributed by atoms with van der Waals surface area (Å²) in [6, 6.07) is 0. The monoisotopic (exact) mass is 172 g/mol. The third-order valence-corrected chi connectivity index (χ3v) is 3.18. The minimum absolute atomic E-state index is 0.259. The summed E-state index contributed by atoms with van der Waals surface area (Å²) in [5.74, 6) is 1.02. The van der Waals surface area contributed by atoms with Crippen LogP contribution in [0, 0.1) is 17.8 Å². The van der Waals surface area contributed by atoms with Gasteiger partial charge in [0.25, 0.3) is 0 Å². The molecule has 2 N–H and O–H groups in total. The first kappa shape index (κ1) is 10.0. The van der Waals surface area contributed by atoms with Gasteiger partial charge in [0.05, 0.1) is 12.2 Å². The highest BCUT2D eigenvalue weighted by Crippen LogP contribution is 2.33. The number of hydrogen-bond acceptors (Lipinski definition) is 2. The molecule has 0 spiro atoms. The van der Waals surface area contributed by atoms with E-state index in [1.807, 2.05) is 6.92 Å². The smallest absolute Gasteiger partial charge is 0.0832 e. The van der Waals surface area contributed by atoms with E-state index in [0.717, 1.165) is 12.8 Å². The summed E-state index contributed by atoms with van der Waals surface area (Å²) >= 11 is 0. The van der Waals surface area contributed by atoms with Crippen LogP contribution in [0.25, 0.3) is 0 Å². The van der Waals surface area contributed by atoms with Gasteiger partial charge in [0.15, 0.2) is 0 Å². The molecule has 0 aromatic rings. The van der Waals surface area contributed by atoms with Crippen molar-refractivity contribution in [2.24, 2.45) is 17.8 Å². The zero-order valence-electron chi connectivity index (χ0n) is 8.20. The van der Waals surface area contributed by atoms with Gasteiger partial charge in [-0.1, -0.05) is 20.8 Å². The van der Waals surface area contributed by atoms with Crippen molar-refractivity contribution in [2.75, 3.05) is 0 Å². The van der Waals surface area contributed by atoms with Crippen molar-refractivity contribution in [3.05, 3.63) is 0 Å². The normalized spacial score (nSPS) is 43.5. The number of rotatable bonds is 1. The molecule has 0 aromatic carbocycles. The van der Waals surface area contributed by atoms with Crippen molar-refractivity contribution in [1.82, 2.24) is 0 Å². The van der Waals surface area contributed by atoms with Crippen LogP contribution in [-0.4, -0.2) is 22.4 Å². The molecule has 1 rings (SSSR count). The van der Waals surface area contributed by atoms with Crippen LogP contribution < -0.4 is 0 Å². The van der Waals surface area contributed by atoms with Gasteiger partial charge in [-0.3, -0.25) is 0 Å². The van der Waals surface area contributed by atoms with Gasteiger partial charge in [-0.2, -0.15) is 0 Å². The summed E-state index contributed by atoms with van der Waals surface area (Å²) in [4.78, 5) is 0. The molecule has 4 atom stereocenters. The second-order valence-corrected chi connectivity index (χ2v) is 4.44. The Morgan fingerprint density at radius 3 is 2.17 bits per heavy atom. The van der Waals surface area contributed by atoms with Gasteiger partial charge >= 0.3 is 0 Å². The molecule has 2 nitrogen and oxygen atoms in total. The first-order valence-corrected chi connectivity index (χ1v) is 4.90. The largest absolute Gasteiger partial charge is 0.390 e. The molecular weight excluding hydrogens is 152 g/mol. The van der Waals surface area contributed by atoms with Gasteiger partial charge in [-0.05, 0) is 30.6 Å². The summed E-state index contributed by atoms with van der Waals surface area (Å²) in [7, 11) is 0. The van der Waals surface area contributed by atoms with E-state index in [-0.39, 0.29) is 11.8 Å². The molecule has 0 saturated heterocycles. The van der Waals surface area contributed by atoms with E-state index in [9.17, 15) is 10.2 Å². The molecule has 12 heavy (non-hydrogen) atoms. The second kappa shape index (κ2) is 3.75. The molecule has 0 bridgehead atoms. The van der Waals surface area contributed by atoms with Gasteiger partial charge in [0.1, 0.15) is 0 Å². The molecule has 0 amide bonds. The van der Waals surface area contributed by atoms with Gasteiger partial charge in [-0.15, -0.1) is 0 Å². The van der Waals surface area contributed by atoms with Crippen molar-refractivity contribution < 1.29 is 10.2 Å². The number of hydrogen-bond donors (Lipinski definition) is 2. The van der Waals surface area contributed by atoms with Crippen molar-refractivity contribution in [3.8, 4) is 0 Å². The maximum absolute atomic E-state index is 9.73. The fraction of sp³-hybridized carbons (Fsp3) is 1.00. The standard InChI is InChI=1S/C10H20O2/c1-6(2)8-5-4-7(3)9(11)10(8)12/h6-12H,4-5H2,1-3H3. The molecule has 72 valence electrons. The molecule has 1 aliphatic rings. The quantitative estimate of drug-likeness (QED) is 0.628. The maximum atomic E-state index is 9.73. The molecule has 1 aliphatic carbocycles. The summed E-state index contributed by atoms with van der Waals surface area (Å²) in [6.45, 7) is 6.22. The summed E-state index contributed by atoms with van der Waals surface area (Å²) in [5.41, 5.74) is 0. The van der Waals surface area contributed by atoms with Crippen molar-refractivity contribution in [1.29, 1.82) is 0 Å². The van der Waals surface area contributed by atoms with Crippen LogP contribution in [0.1, 0.15) is 33.6 Å². The highest BCUT2D eigenvalue weighted by molar-refractivity contribution is 4.86. The average molecular weight is 172 g/mol. The van der Waals surface area contributed by atoms with E-state index in [1.165, 1.54) is 0 Å². The van der Waals surface area contributed by atoms with Crippen molar-refractivity contribution in [3.63, 3.8) is 0 Å². The third-order valence-electron chi connectivity index (χ3n) is 3.18. The Labute approximate surface area is 74.6 Å². The highest BCUT2D eigenvalue weighted by atomic mass is 16.3. The van der Waals surface area contributed by atoms with Crippen LogP contribution >= 0.6 is 0 Å². The Balaban J connectivity index is 2.58. The zero-order chi connectivity index (χ0) is 9.30. The zero-order valence-corrected chi connectivity index (χ0v) is 8.20. The van der Waals surface area contributed by atoms with E-state index >= 15 is 0 Å². The predicted molar refractivity (Wildman–Crippen MR) is 48.7 cm³/mol. The molecule has 0 heterocycles. The maximum Gasteiger partial charge on any atom is 0.0832 e. The van der Waals surface area contributed by atoms with Gasteiger partial charge in [0, 0.05) is 0 Å². The molecule has 2 heteroatoms. The molecular formula is C10H20O2. The fourth-order valence-electron chi connectivity index (χ4n) is 2.11. The summed E-state index contributed by atoms with van der Waals surface area (Å²) in [6.07, 6.45) is 1.08. The van der Waals surface area contributed by atoms with Crippen LogP contribution in [-0.2, 0) is 0 Å². The minimum atomic E-state index is -0.508. The topological polar surface area (TPSA) is 40.5 Å². The SMILES string of the molecule is CC(C)C1CCC(C)C(O)C1O. The Morgan fingerprint density at radius 1 is 1.08 bits per heavy atom. The average Bonchev–Trinajstić information content (AvgIpc) is 2.00. The van der Waals surface area contributed by atoms with Crippen molar-refractivity contribution >= 4 is 0 Å². The number of aliphatic hydroxyl groups excluding tert-OH is 2. The lowest BCUT2D eigenvalue weighted by atomic mass is 9.74. The Kier molecular flexibility index (Phi) is 3.13. The van der Waals surface area contributed by atoms with E-state index in [0.29, 0.717) is 5.92 Å². The molecule has 0 radical (unpaired) electrons. The Morgan fingerprint density at radius 2 is 1.67 bits per heavy atom. The fourth-order valence-corrected chi connectivity index (χ4v) is 2.11. The molecule has 0 aromatic heterocycles. The van der Waals surface area contributed by atoms with Gasteiger partial charge in [0.2, 0.25) is 0 Å². The molecule has 1 fully saturated rings. The summed E-state index contributed by atoms with van der Waals surface area (Å²) < 4.78 is 0. The lowest BCUT2D eigenvalue weighted by molar-refractivity contribution is -0.0832. The lowest BCUT2D eigenvalue weighted by Crippen LogP contribution is -2.44. The van der Waals surface area contributed by atoms with Gasteiger partial charge in [-0.25, -0.2) is 0 Å².